The van der Waals surface area contributed by atoms with E-state index in [4.69, 9.17) is 4.74 Å². The monoisotopic (exact) mass is 257 g/mol. The second kappa shape index (κ2) is 5.85. The van der Waals surface area contributed by atoms with Gasteiger partial charge < -0.3 is 9.84 Å². The maximum atomic E-state index is 9.29. The van der Waals surface area contributed by atoms with E-state index in [1.165, 1.54) is 11.1 Å². The first-order valence-electron chi connectivity index (χ1n) is 6.36. The van der Waals surface area contributed by atoms with Crippen LogP contribution in [-0.4, -0.2) is 10.1 Å². The summed E-state index contributed by atoms with van der Waals surface area (Å²) in [5.41, 5.74) is 5.04. The number of rotatable bonds is 4. The van der Waals surface area contributed by atoms with Gasteiger partial charge in [-0.1, -0.05) is 29.3 Å². The summed E-state index contributed by atoms with van der Waals surface area (Å²) in [7, 11) is 0. The van der Waals surface area contributed by atoms with Gasteiger partial charge in [0.15, 0.2) is 0 Å². The van der Waals surface area contributed by atoms with Crippen LogP contribution < -0.4 is 4.74 Å². The van der Waals surface area contributed by atoms with Gasteiger partial charge >= 0.3 is 0 Å². The van der Waals surface area contributed by atoms with Crippen LogP contribution in [0.5, 0.6) is 5.75 Å². The Morgan fingerprint density at radius 3 is 2.37 bits per heavy atom. The van der Waals surface area contributed by atoms with E-state index < -0.39 is 0 Å². The summed E-state index contributed by atoms with van der Waals surface area (Å²) >= 11 is 0. The number of pyridine rings is 1. The highest BCUT2D eigenvalue weighted by Gasteiger charge is 2.05. The van der Waals surface area contributed by atoms with Crippen molar-refractivity contribution in [2.75, 3.05) is 0 Å². The fourth-order valence-electron chi connectivity index (χ4n) is 2.16. The molecule has 0 aliphatic rings. The summed E-state index contributed by atoms with van der Waals surface area (Å²) in [4.78, 5) is 4.26. The molecule has 0 saturated heterocycles. The van der Waals surface area contributed by atoms with Crippen LogP contribution in [0.1, 0.15) is 28.1 Å². The highest BCUT2D eigenvalue weighted by atomic mass is 16.5. The van der Waals surface area contributed by atoms with Gasteiger partial charge in [0.05, 0.1) is 6.61 Å². The number of aromatic nitrogens is 1. The molecular weight excluding hydrogens is 238 g/mol. The van der Waals surface area contributed by atoms with Crippen LogP contribution in [0, 0.1) is 20.8 Å². The molecule has 0 saturated carbocycles. The molecule has 0 atom stereocenters. The molecule has 1 N–H and O–H groups in total. The molecule has 3 heteroatoms. The van der Waals surface area contributed by atoms with E-state index >= 15 is 0 Å². The Morgan fingerprint density at radius 1 is 1.05 bits per heavy atom. The van der Waals surface area contributed by atoms with Crippen molar-refractivity contribution in [2.24, 2.45) is 0 Å². The van der Waals surface area contributed by atoms with Crippen LogP contribution in [0.15, 0.2) is 30.3 Å². The lowest BCUT2D eigenvalue weighted by Crippen LogP contribution is -2.02. The van der Waals surface area contributed by atoms with E-state index in [2.05, 4.69) is 37.0 Å². The minimum absolute atomic E-state index is 0.107. The standard InChI is InChI=1S/C16H19NO2/c1-11-6-12(2)8-14(7-11)10-19-16-5-4-13(3)17-15(16)9-18/h4-8,18H,9-10H2,1-3H3. The van der Waals surface area contributed by atoms with Gasteiger partial charge in [-0.3, -0.25) is 4.98 Å². The van der Waals surface area contributed by atoms with Crippen molar-refractivity contribution in [3.63, 3.8) is 0 Å². The van der Waals surface area contributed by atoms with Gasteiger partial charge in [0, 0.05) is 5.69 Å². The van der Waals surface area contributed by atoms with Crippen molar-refractivity contribution >= 4 is 0 Å². The number of nitrogens with zero attached hydrogens (tertiary/aromatic N) is 1. The zero-order valence-electron chi connectivity index (χ0n) is 11.6. The minimum Gasteiger partial charge on any atom is -0.487 e. The molecule has 2 aromatic rings. The van der Waals surface area contributed by atoms with Gasteiger partial charge in [-0.05, 0) is 38.5 Å². The maximum Gasteiger partial charge on any atom is 0.143 e. The van der Waals surface area contributed by atoms with E-state index in [1.54, 1.807) is 0 Å². The van der Waals surface area contributed by atoms with Gasteiger partial charge in [0.25, 0.3) is 0 Å². The zero-order chi connectivity index (χ0) is 13.8. The predicted octanol–water partition coefficient (Wildman–Crippen LogP) is 3.08. The average molecular weight is 257 g/mol. The van der Waals surface area contributed by atoms with Crippen molar-refractivity contribution in [3.8, 4) is 5.75 Å². The minimum atomic E-state index is -0.107. The van der Waals surface area contributed by atoms with Crippen molar-refractivity contribution < 1.29 is 9.84 Å². The van der Waals surface area contributed by atoms with Gasteiger partial charge in [-0.15, -0.1) is 0 Å². The quantitative estimate of drug-likeness (QED) is 0.915. The van der Waals surface area contributed by atoms with Crippen molar-refractivity contribution in [1.29, 1.82) is 0 Å². The Morgan fingerprint density at radius 2 is 1.74 bits per heavy atom. The predicted molar refractivity (Wildman–Crippen MR) is 75.1 cm³/mol. The van der Waals surface area contributed by atoms with Crippen LogP contribution in [0.3, 0.4) is 0 Å². The second-order valence-electron chi connectivity index (χ2n) is 4.84. The third kappa shape index (κ3) is 3.55. The van der Waals surface area contributed by atoms with Crippen molar-refractivity contribution in [1.82, 2.24) is 4.98 Å². The average Bonchev–Trinajstić information content (AvgIpc) is 2.36. The smallest absolute Gasteiger partial charge is 0.143 e. The van der Waals surface area contributed by atoms with Crippen LogP contribution in [0.25, 0.3) is 0 Å². The van der Waals surface area contributed by atoms with Crippen molar-refractivity contribution in [3.05, 3.63) is 58.4 Å². The summed E-state index contributed by atoms with van der Waals surface area (Å²) in [6.45, 7) is 6.42. The molecule has 0 bridgehead atoms. The third-order valence-corrected chi connectivity index (χ3v) is 2.90. The molecule has 0 unspecified atom stereocenters. The summed E-state index contributed by atoms with van der Waals surface area (Å²) < 4.78 is 5.76. The van der Waals surface area contributed by atoms with E-state index in [0.717, 1.165) is 11.3 Å². The van der Waals surface area contributed by atoms with Crippen LogP contribution in [-0.2, 0) is 13.2 Å². The Hall–Kier alpha value is -1.87. The molecule has 0 aliphatic heterocycles. The van der Waals surface area contributed by atoms with Gasteiger partial charge in [-0.25, -0.2) is 0 Å². The van der Waals surface area contributed by atoms with E-state index in [-0.39, 0.29) is 6.61 Å². The first-order chi connectivity index (χ1) is 9.08. The Labute approximate surface area is 113 Å². The molecule has 0 aliphatic carbocycles. The molecule has 1 aromatic carbocycles. The first-order valence-corrected chi connectivity index (χ1v) is 6.36. The molecule has 2 rings (SSSR count). The Balaban J connectivity index is 2.14. The van der Waals surface area contributed by atoms with Gasteiger partial charge in [0.1, 0.15) is 18.1 Å². The topological polar surface area (TPSA) is 42.4 Å². The van der Waals surface area contributed by atoms with Gasteiger partial charge in [0.2, 0.25) is 0 Å². The SMILES string of the molecule is Cc1cc(C)cc(COc2ccc(C)nc2CO)c1. The lowest BCUT2D eigenvalue weighted by Gasteiger charge is -2.11. The summed E-state index contributed by atoms with van der Waals surface area (Å²) in [6, 6.07) is 10.1. The molecule has 0 radical (unpaired) electrons. The second-order valence-corrected chi connectivity index (χ2v) is 4.84. The molecule has 1 aromatic heterocycles. The third-order valence-electron chi connectivity index (χ3n) is 2.90. The van der Waals surface area contributed by atoms with Crippen molar-refractivity contribution in [2.45, 2.75) is 34.0 Å². The Bertz CT molecular complexity index is 559. The summed E-state index contributed by atoms with van der Waals surface area (Å²) in [6.07, 6.45) is 0. The molecule has 1 heterocycles. The molecule has 19 heavy (non-hydrogen) atoms. The molecular formula is C16H19NO2. The number of ether oxygens (including phenoxy) is 1. The fraction of sp³-hybridized carbons (Fsp3) is 0.312. The zero-order valence-corrected chi connectivity index (χ0v) is 11.6. The largest absolute Gasteiger partial charge is 0.487 e. The number of hydrogen-bond acceptors (Lipinski definition) is 3. The summed E-state index contributed by atoms with van der Waals surface area (Å²) in [5, 5.41) is 9.29. The molecule has 0 spiro atoms. The van der Waals surface area contributed by atoms with E-state index in [9.17, 15) is 5.11 Å². The highest BCUT2D eigenvalue weighted by Crippen LogP contribution is 2.19. The maximum absolute atomic E-state index is 9.29. The highest BCUT2D eigenvalue weighted by molar-refractivity contribution is 5.31. The number of benzene rings is 1. The molecule has 100 valence electrons. The number of aliphatic hydroxyl groups excluding tert-OH is 1. The first kappa shape index (κ1) is 13.6. The molecule has 0 amide bonds. The lowest BCUT2D eigenvalue weighted by molar-refractivity contribution is 0.253. The molecule has 0 fully saturated rings. The Kier molecular flexibility index (Phi) is 4.17. The number of hydrogen-bond donors (Lipinski definition) is 1. The molecule has 3 nitrogen and oxygen atoms in total. The van der Waals surface area contributed by atoms with E-state index in [1.807, 2.05) is 19.1 Å². The van der Waals surface area contributed by atoms with E-state index in [0.29, 0.717) is 18.1 Å². The van der Waals surface area contributed by atoms with Gasteiger partial charge in [-0.2, -0.15) is 0 Å². The van der Waals surface area contributed by atoms with Crippen LogP contribution in [0.2, 0.25) is 0 Å². The van der Waals surface area contributed by atoms with Crippen LogP contribution in [0.4, 0.5) is 0 Å². The lowest BCUT2D eigenvalue weighted by atomic mass is 10.1. The number of aryl methyl sites for hydroxylation is 3. The normalized spacial score (nSPS) is 10.5. The fourth-order valence-corrected chi connectivity index (χ4v) is 2.16. The number of aliphatic hydroxyl groups is 1. The van der Waals surface area contributed by atoms with Crippen LogP contribution >= 0.6 is 0 Å². The summed E-state index contributed by atoms with van der Waals surface area (Å²) in [5.74, 6) is 0.646.